The second kappa shape index (κ2) is 10.4. The van der Waals surface area contributed by atoms with Crippen LogP contribution in [0.4, 0.5) is 5.82 Å². The lowest BCUT2D eigenvalue weighted by Gasteiger charge is -2.35. The van der Waals surface area contributed by atoms with Crippen LogP contribution in [-0.4, -0.2) is 52.3 Å². The highest BCUT2D eigenvalue weighted by Gasteiger charge is 2.25. The molecule has 0 radical (unpaired) electrons. The third kappa shape index (κ3) is 4.63. The van der Waals surface area contributed by atoms with Crippen LogP contribution < -0.4 is 4.90 Å². The maximum absolute atomic E-state index is 12.1. The number of hydrogen-bond donors (Lipinski definition) is 1. The van der Waals surface area contributed by atoms with E-state index >= 15 is 0 Å². The number of anilines is 1. The van der Waals surface area contributed by atoms with Crippen molar-refractivity contribution in [3.05, 3.63) is 82.9 Å². The molecule has 0 aliphatic carbocycles. The Balaban J connectivity index is 1.71. The van der Waals surface area contributed by atoms with Crippen LogP contribution in [0.25, 0.3) is 33.2 Å². The van der Waals surface area contributed by atoms with Crippen molar-refractivity contribution in [2.24, 2.45) is 0 Å². The number of hydrogen-bond acceptors (Lipinski definition) is 5. The van der Waals surface area contributed by atoms with Crippen LogP contribution in [0.3, 0.4) is 0 Å². The van der Waals surface area contributed by atoms with Gasteiger partial charge < -0.3 is 14.9 Å². The van der Waals surface area contributed by atoms with E-state index < -0.39 is 0 Å². The summed E-state index contributed by atoms with van der Waals surface area (Å²) in [6.07, 6.45) is 2.18. The van der Waals surface area contributed by atoms with Gasteiger partial charge in [-0.1, -0.05) is 67.0 Å². The van der Waals surface area contributed by atoms with Crippen molar-refractivity contribution < 1.29 is 9.90 Å². The number of piperazine rings is 1. The van der Waals surface area contributed by atoms with E-state index in [1.54, 1.807) is 23.1 Å². The van der Waals surface area contributed by atoms with E-state index in [0.29, 0.717) is 53.2 Å². The molecule has 1 aromatic heterocycles. The van der Waals surface area contributed by atoms with E-state index in [4.69, 9.17) is 28.3 Å². The molecule has 0 atom stereocenters. The summed E-state index contributed by atoms with van der Waals surface area (Å²) in [5.41, 5.74) is 3.97. The van der Waals surface area contributed by atoms with Gasteiger partial charge in [-0.2, -0.15) is 0 Å². The van der Waals surface area contributed by atoms with Gasteiger partial charge in [0, 0.05) is 58.7 Å². The van der Waals surface area contributed by atoms with Gasteiger partial charge in [-0.15, -0.1) is 10.2 Å². The van der Waals surface area contributed by atoms with Crippen molar-refractivity contribution in [3.8, 4) is 28.1 Å². The van der Waals surface area contributed by atoms with Crippen molar-refractivity contribution in [2.75, 3.05) is 31.1 Å². The van der Waals surface area contributed by atoms with Gasteiger partial charge in [-0.05, 0) is 42.3 Å². The Kier molecular flexibility index (Phi) is 7.04. The first kappa shape index (κ1) is 25.1. The highest BCUT2D eigenvalue weighted by molar-refractivity contribution is 6.37. The second-order valence-corrected chi connectivity index (χ2v) is 9.73. The average Bonchev–Trinajstić information content (AvgIpc) is 2.92. The van der Waals surface area contributed by atoms with Crippen molar-refractivity contribution in [3.63, 3.8) is 0 Å². The summed E-state index contributed by atoms with van der Waals surface area (Å²) in [5, 5.41) is 22.6. The Bertz CT molecular complexity index is 1490. The van der Waals surface area contributed by atoms with Crippen LogP contribution in [0.5, 0.6) is 5.75 Å². The number of aromatic hydroxyl groups is 1. The number of aryl methyl sites for hydroxylation is 1. The van der Waals surface area contributed by atoms with Crippen molar-refractivity contribution >= 4 is 45.7 Å². The number of nitrogens with zero attached hydrogens (tertiary/aromatic N) is 4. The smallest absolute Gasteiger partial charge is 0.246 e. The minimum Gasteiger partial charge on any atom is -0.507 e. The molecule has 0 spiro atoms. The molecule has 0 unspecified atom stereocenters. The zero-order chi connectivity index (χ0) is 26.1. The van der Waals surface area contributed by atoms with Crippen LogP contribution >= 0.6 is 23.2 Å². The van der Waals surface area contributed by atoms with Crippen LogP contribution in [0.1, 0.15) is 12.5 Å². The summed E-state index contributed by atoms with van der Waals surface area (Å²) in [5.74, 6) is 0.680. The Morgan fingerprint density at radius 3 is 2.43 bits per heavy atom. The number of benzene rings is 3. The van der Waals surface area contributed by atoms with Gasteiger partial charge in [-0.3, -0.25) is 4.79 Å². The molecular weight excluding hydrogens is 507 g/mol. The summed E-state index contributed by atoms with van der Waals surface area (Å²) in [6.45, 7) is 8.05. The fourth-order valence-electron chi connectivity index (χ4n) is 4.89. The Morgan fingerprint density at radius 2 is 1.73 bits per heavy atom. The van der Waals surface area contributed by atoms with Crippen molar-refractivity contribution in [1.29, 1.82) is 0 Å². The van der Waals surface area contributed by atoms with Crippen LogP contribution in [-0.2, 0) is 11.2 Å². The minimum absolute atomic E-state index is 0.0505. The third-order valence-corrected chi connectivity index (χ3v) is 7.46. The van der Waals surface area contributed by atoms with Gasteiger partial charge in [-0.25, -0.2) is 0 Å². The standard InChI is InChI=1S/C29H26Cl2N4O2/c1-3-18-8-5-6-9-19(18)28-20-16-22(27-23(30)10-7-11-25(27)36)24(31)17-21(20)29(33-32-28)35-14-12-34(13-15-35)26(37)4-2/h4-11,16-17,36H,2-3,12-15H2,1H3. The largest absolute Gasteiger partial charge is 0.507 e. The fourth-order valence-corrected chi connectivity index (χ4v) is 5.42. The number of amides is 1. The molecule has 5 rings (SSSR count). The van der Waals surface area contributed by atoms with Crippen molar-refractivity contribution in [1.82, 2.24) is 15.1 Å². The Hall–Kier alpha value is -3.61. The zero-order valence-corrected chi connectivity index (χ0v) is 21.9. The predicted molar refractivity (Wildman–Crippen MR) is 150 cm³/mol. The molecule has 37 heavy (non-hydrogen) atoms. The monoisotopic (exact) mass is 532 g/mol. The molecular formula is C29H26Cl2N4O2. The quantitative estimate of drug-likeness (QED) is 0.302. The Morgan fingerprint density at radius 1 is 0.973 bits per heavy atom. The summed E-state index contributed by atoms with van der Waals surface area (Å²) in [6, 6.07) is 17.0. The number of phenols is 1. The maximum atomic E-state index is 12.1. The SMILES string of the molecule is C=CC(=O)N1CCN(c2nnc(-c3ccccc3CC)c3cc(-c4c(O)cccc4Cl)c(Cl)cc23)CC1. The number of fused-ring (bicyclic) bond motifs is 1. The van der Waals surface area contributed by atoms with Gasteiger partial charge in [0.05, 0.1) is 5.02 Å². The first-order valence-corrected chi connectivity index (χ1v) is 12.9. The number of aromatic nitrogens is 2. The molecule has 0 bridgehead atoms. The average molecular weight is 533 g/mol. The molecule has 0 saturated carbocycles. The first-order valence-electron chi connectivity index (χ1n) is 12.1. The number of carbonyl (C=O) groups excluding carboxylic acids is 1. The highest BCUT2D eigenvalue weighted by atomic mass is 35.5. The molecule has 8 heteroatoms. The van der Waals surface area contributed by atoms with Crippen LogP contribution in [0.15, 0.2) is 67.3 Å². The molecule has 1 fully saturated rings. The number of phenolic OH excluding ortho intramolecular Hbond substituents is 1. The molecule has 2 heterocycles. The lowest BCUT2D eigenvalue weighted by Crippen LogP contribution is -2.48. The molecule has 4 aromatic rings. The van der Waals surface area contributed by atoms with Gasteiger partial charge in [0.25, 0.3) is 0 Å². The van der Waals surface area contributed by atoms with E-state index in [1.165, 1.54) is 6.08 Å². The van der Waals surface area contributed by atoms with E-state index in [-0.39, 0.29) is 11.7 Å². The first-order chi connectivity index (χ1) is 17.9. The molecule has 6 nitrogen and oxygen atoms in total. The van der Waals surface area contributed by atoms with Gasteiger partial charge in [0.15, 0.2) is 5.82 Å². The van der Waals surface area contributed by atoms with Crippen LogP contribution in [0, 0.1) is 0 Å². The van der Waals surface area contributed by atoms with Gasteiger partial charge in [0.2, 0.25) is 5.91 Å². The molecule has 3 aromatic carbocycles. The molecule has 1 saturated heterocycles. The van der Waals surface area contributed by atoms with E-state index in [0.717, 1.165) is 34.0 Å². The second-order valence-electron chi connectivity index (χ2n) is 8.91. The third-order valence-electron chi connectivity index (χ3n) is 6.83. The molecule has 1 aliphatic heterocycles. The van der Waals surface area contributed by atoms with E-state index in [1.807, 2.05) is 30.3 Å². The van der Waals surface area contributed by atoms with Crippen LogP contribution in [0.2, 0.25) is 10.0 Å². The topological polar surface area (TPSA) is 69.6 Å². The highest BCUT2D eigenvalue weighted by Crippen LogP contribution is 2.44. The lowest BCUT2D eigenvalue weighted by atomic mass is 9.95. The summed E-state index contributed by atoms with van der Waals surface area (Å²) < 4.78 is 0. The zero-order valence-electron chi connectivity index (χ0n) is 20.4. The lowest BCUT2D eigenvalue weighted by molar-refractivity contribution is -0.126. The number of halogens is 2. The molecule has 1 N–H and O–H groups in total. The Labute approximate surface area is 225 Å². The van der Waals surface area contributed by atoms with Gasteiger partial charge in [0.1, 0.15) is 11.4 Å². The maximum Gasteiger partial charge on any atom is 0.246 e. The van der Waals surface area contributed by atoms with E-state index in [2.05, 4.69) is 29.6 Å². The summed E-state index contributed by atoms with van der Waals surface area (Å²) in [7, 11) is 0. The molecule has 1 aliphatic rings. The normalized spacial score (nSPS) is 13.7. The fraction of sp³-hybridized carbons (Fsp3) is 0.207. The van der Waals surface area contributed by atoms with Crippen molar-refractivity contribution in [2.45, 2.75) is 13.3 Å². The summed E-state index contributed by atoms with van der Waals surface area (Å²) >= 11 is 13.3. The summed E-state index contributed by atoms with van der Waals surface area (Å²) in [4.78, 5) is 16.0. The number of rotatable bonds is 5. The number of carbonyl (C=O) groups is 1. The van der Waals surface area contributed by atoms with E-state index in [9.17, 15) is 9.90 Å². The minimum atomic E-state index is -0.0747. The molecule has 1 amide bonds. The van der Waals surface area contributed by atoms with Gasteiger partial charge >= 0.3 is 0 Å². The predicted octanol–water partition coefficient (Wildman–Crippen LogP) is 6.37. The molecule has 188 valence electrons.